The van der Waals surface area contributed by atoms with Gasteiger partial charge in [-0.25, -0.2) is 0 Å². The van der Waals surface area contributed by atoms with Crippen molar-refractivity contribution in [3.63, 3.8) is 0 Å². The maximum absolute atomic E-state index is 6.13. The number of halogens is 1. The first-order valence-electron chi connectivity index (χ1n) is 8.32. The number of nitrogens with zero attached hydrogens (tertiary/aromatic N) is 3. The Kier molecular flexibility index (Phi) is 6.22. The number of aryl methyl sites for hydroxylation is 1. The molecule has 1 heterocycles. The van der Waals surface area contributed by atoms with Crippen molar-refractivity contribution in [2.75, 3.05) is 24.3 Å². The lowest BCUT2D eigenvalue weighted by molar-refractivity contribution is 0.415. The maximum atomic E-state index is 6.13. The first-order chi connectivity index (χ1) is 12.7. The van der Waals surface area contributed by atoms with E-state index in [0.29, 0.717) is 22.5 Å². The summed E-state index contributed by atoms with van der Waals surface area (Å²) in [5.74, 6) is 1.69. The highest BCUT2D eigenvalue weighted by Crippen LogP contribution is 2.28. The molecule has 134 valence electrons. The van der Waals surface area contributed by atoms with Gasteiger partial charge in [-0.15, -0.1) is 5.10 Å². The van der Waals surface area contributed by atoms with Gasteiger partial charge in [0.1, 0.15) is 5.75 Å². The fourth-order valence-corrected chi connectivity index (χ4v) is 2.73. The lowest BCUT2D eigenvalue weighted by Crippen LogP contribution is -2.07. The van der Waals surface area contributed by atoms with Crippen molar-refractivity contribution in [3.05, 3.63) is 65.3 Å². The zero-order valence-electron chi connectivity index (χ0n) is 14.4. The van der Waals surface area contributed by atoms with E-state index in [1.165, 1.54) is 5.56 Å². The first kappa shape index (κ1) is 17.9. The predicted octanol–water partition coefficient (Wildman–Crippen LogP) is 4.32. The highest BCUT2D eigenvalue weighted by Gasteiger charge is 2.05. The Labute approximate surface area is 157 Å². The molecule has 0 atom stereocenters. The molecule has 7 heteroatoms. The molecule has 0 aliphatic heterocycles. The van der Waals surface area contributed by atoms with Crippen LogP contribution in [0.2, 0.25) is 5.02 Å². The molecule has 0 fully saturated rings. The minimum Gasteiger partial charge on any atom is -0.495 e. The fourth-order valence-electron chi connectivity index (χ4n) is 2.47. The predicted molar refractivity (Wildman–Crippen MR) is 104 cm³/mol. The summed E-state index contributed by atoms with van der Waals surface area (Å²) in [6.45, 7) is 0.807. The van der Waals surface area contributed by atoms with Crippen LogP contribution in [-0.2, 0) is 6.42 Å². The smallest absolute Gasteiger partial charge is 0.249 e. The average molecular weight is 370 g/mol. The molecule has 0 saturated carbocycles. The molecule has 0 radical (unpaired) electrons. The van der Waals surface area contributed by atoms with E-state index < -0.39 is 0 Å². The highest BCUT2D eigenvalue weighted by atomic mass is 35.5. The van der Waals surface area contributed by atoms with Crippen molar-refractivity contribution in [1.29, 1.82) is 0 Å². The summed E-state index contributed by atoms with van der Waals surface area (Å²) in [7, 11) is 1.58. The molecule has 3 rings (SSSR count). The zero-order valence-corrected chi connectivity index (χ0v) is 15.2. The summed E-state index contributed by atoms with van der Waals surface area (Å²) in [6.07, 6.45) is 3.63. The van der Waals surface area contributed by atoms with Crippen LogP contribution in [-0.4, -0.2) is 28.8 Å². The molecule has 0 amide bonds. The van der Waals surface area contributed by atoms with Gasteiger partial charge in [-0.2, -0.15) is 10.1 Å². The van der Waals surface area contributed by atoms with Crippen molar-refractivity contribution in [2.45, 2.75) is 12.8 Å². The van der Waals surface area contributed by atoms with Gasteiger partial charge in [-0.05, 0) is 36.6 Å². The number of aromatic nitrogens is 3. The quantitative estimate of drug-likeness (QED) is 0.576. The fraction of sp³-hybridized carbons (Fsp3) is 0.211. The Balaban J connectivity index is 1.53. The third kappa shape index (κ3) is 5.07. The van der Waals surface area contributed by atoms with Crippen molar-refractivity contribution in [1.82, 2.24) is 15.2 Å². The standard InChI is InChI=1S/C19H20ClN5O/c1-26-17-10-9-15(12-16(17)20)23-19-24-18(13-22-25-19)21-11-5-8-14-6-3-2-4-7-14/h2-4,6-7,9-10,12-13H,5,8,11H2,1H3,(H2,21,23,24,25). The molecular weight excluding hydrogens is 350 g/mol. The maximum Gasteiger partial charge on any atom is 0.249 e. The highest BCUT2D eigenvalue weighted by molar-refractivity contribution is 6.32. The molecule has 26 heavy (non-hydrogen) atoms. The van der Waals surface area contributed by atoms with Crippen LogP contribution < -0.4 is 15.4 Å². The molecule has 0 saturated heterocycles. The van der Waals surface area contributed by atoms with Crippen molar-refractivity contribution in [3.8, 4) is 5.75 Å². The van der Waals surface area contributed by atoms with E-state index in [0.717, 1.165) is 25.1 Å². The number of rotatable bonds is 8. The lowest BCUT2D eigenvalue weighted by Gasteiger charge is -2.09. The van der Waals surface area contributed by atoms with E-state index in [1.807, 2.05) is 12.1 Å². The summed E-state index contributed by atoms with van der Waals surface area (Å²) in [5.41, 5.74) is 2.09. The van der Waals surface area contributed by atoms with Gasteiger partial charge >= 0.3 is 0 Å². The second kappa shape index (κ2) is 9.01. The van der Waals surface area contributed by atoms with E-state index >= 15 is 0 Å². The minimum absolute atomic E-state index is 0.402. The van der Waals surface area contributed by atoms with Gasteiger partial charge in [0.2, 0.25) is 5.95 Å². The van der Waals surface area contributed by atoms with Crippen LogP contribution in [0.1, 0.15) is 12.0 Å². The second-order valence-corrected chi connectivity index (χ2v) is 6.06. The molecular formula is C19H20ClN5O. The number of benzene rings is 2. The van der Waals surface area contributed by atoms with Crippen LogP contribution in [0.3, 0.4) is 0 Å². The number of ether oxygens (including phenoxy) is 1. The van der Waals surface area contributed by atoms with Crippen molar-refractivity contribution >= 4 is 29.1 Å². The van der Waals surface area contributed by atoms with Crippen molar-refractivity contribution in [2.24, 2.45) is 0 Å². The molecule has 0 aliphatic rings. The number of methoxy groups -OCH3 is 1. The summed E-state index contributed by atoms with van der Waals surface area (Å²) >= 11 is 6.13. The zero-order chi connectivity index (χ0) is 18.2. The van der Waals surface area contributed by atoms with Crippen LogP contribution in [0.5, 0.6) is 5.75 Å². The number of hydrogen-bond acceptors (Lipinski definition) is 6. The largest absolute Gasteiger partial charge is 0.495 e. The SMILES string of the molecule is COc1ccc(Nc2nncc(NCCCc3ccccc3)n2)cc1Cl. The summed E-state index contributed by atoms with van der Waals surface area (Å²) in [5, 5.41) is 14.8. The van der Waals surface area contributed by atoms with Gasteiger partial charge in [0.15, 0.2) is 5.82 Å². The Morgan fingerprint density at radius 2 is 1.96 bits per heavy atom. The number of anilines is 3. The molecule has 0 bridgehead atoms. The van der Waals surface area contributed by atoms with Crippen LogP contribution in [0, 0.1) is 0 Å². The molecule has 1 aromatic heterocycles. The topological polar surface area (TPSA) is 72.0 Å². The van der Waals surface area contributed by atoms with Crippen LogP contribution in [0.4, 0.5) is 17.5 Å². The molecule has 2 aromatic carbocycles. The number of nitrogens with one attached hydrogen (secondary N) is 2. The second-order valence-electron chi connectivity index (χ2n) is 5.66. The van der Waals surface area contributed by atoms with Gasteiger partial charge < -0.3 is 15.4 Å². The van der Waals surface area contributed by atoms with Gasteiger partial charge in [0, 0.05) is 12.2 Å². The first-order valence-corrected chi connectivity index (χ1v) is 8.70. The van der Waals surface area contributed by atoms with Crippen LogP contribution >= 0.6 is 11.6 Å². The summed E-state index contributed by atoms with van der Waals surface area (Å²) in [6, 6.07) is 15.8. The molecule has 0 spiro atoms. The normalized spacial score (nSPS) is 10.4. The Morgan fingerprint density at radius 1 is 1.12 bits per heavy atom. The van der Waals surface area contributed by atoms with Gasteiger partial charge in [-0.3, -0.25) is 0 Å². The van der Waals surface area contributed by atoms with E-state index in [4.69, 9.17) is 16.3 Å². The molecule has 6 nitrogen and oxygen atoms in total. The van der Waals surface area contributed by atoms with E-state index in [-0.39, 0.29) is 0 Å². The number of hydrogen-bond donors (Lipinski definition) is 2. The third-order valence-electron chi connectivity index (χ3n) is 3.76. The summed E-state index contributed by atoms with van der Waals surface area (Å²) < 4.78 is 5.14. The lowest BCUT2D eigenvalue weighted by atomic mass is 10.1. The Hall–Kier alpha value is -2.86. The molecule has 2 N–H and O–H groups in total. The average Bonchev–Trinajstić information content (AvgIpc) is 2.67. The summed E-state index contributed by atoms with van der Waals surface area (Å²) in [4.78, 5) is 4.41. The van der Waals surface area contributed by atoms with Gasteiger partial charge in [0.05, 0.1) is 18.3 Å². The van der Waals surface area contributed by atoms with Gasteiger partial charge in [0.25, 0.3) is 0 Å². The van der Waals surface area contributed by atoms with Gasteiger partial charge in [-0.1, -0.05) is 41.9 Å². The van der Waals surface area contributed by atoms with Crippen molar-refractivity contribution < 1.29 is 4.74 Å². The van der Waals surface area contributed by atoms with E-state index in [1.54, 1.807) is 25.4 Å². The monoisotopic (exact) mass is 369 g/mol. The molecule has 0 aliphatic carbocycles. The van der Waals surface area contributed by atoms with E-state index in [9.17, 15) is 0 Å². The van der Waals surface area contributed by atoms with Crippen LogP contribution in [0.25, 0.3) is 0 Å². The molecule has 3 aromatic rings. The minimum atomic E-state index is 0.402. The Bertz CT molecular complexity index is 844. The Morgan fingerprint density at radius 3 is 2.73 bits per heavy atom. The molecule has 0 unspecified atom stereocenters. The van der Waals surface area contributed by atoms with Crippen LogP contribution in [0.15, 0.2) is 54.7 Å². The third-order valence-corrected chi connectivity index (χ3v) is 4.05. The van der Waals surface area contributed by atoms with E-state index in [2.05, 4.69) is 50.1 Å².